The second-order valence-corrected chi connectivity index (χ2v) is 4.64. The maximum absolute atomic E-state index is 12.8. The second-order valence-electron chi connectivity index (χ2n) is 4.64. The maximum Gasteiger partial charge on any atom is 0.416 e. The van der Waals surface area contributed by atoms with E-state index in [-0.39, 0.29) is 29.8 Å². The number of nitrogen functional groups attached to an aromatic ring is 1. The molecule has 0 aliphatic rings. The Bertz CT molecular complexity index is 734. The molecule has 10 heteroatoms. The van der Waals surface area contributed by atoms with Gasteiger partial charge in [0.15, 0.2) is 5.69 Å². The Labute approximate surface area is 125 Å². The SMILES string of the molecule is N#Cc1cn(Cc2cc(C(F)(F)F)cc(C(F)(F)F)c2)c(N)n1. The molecule has 0 aliphatic carbocycles. The first-order valence-electron chi connectivity index (χ1n) is 6.02. The molecule has 1 aromatic heterocycles. The number of benzene rings is 1. The molecule has 0 fully saturated rings. The van der Waals surface area contributed by atoms with Crippen LogP contribution in [0, 0.1) is 11.3 Å². The first-order valence-corrected chi connectivity index (χ1v) is 6.02. The molecule has 0 atom stereocenters. The number of imidazole rings is 1. The summed E-state index contributed by atoms with van der Waals surface area (Å²) in [5.74, 6) is -0.187. The molecule has 2 rings (SSSR count). The Hall–Kier alpha value is -2.70. The lowest BCUT2D eigenvalue weighted by atomic mass is 10.0. The van der Waals surface area contributed by atoms with Crippen molar-refractivity contribution in [3.05, 3.63) is 46.8 Å². The van der Waals surface area contributed by atoms with E-state index in [0.29, 0.717) is 12.1 Å². The minimum absolute atomic E-state index is 0.0431. The number of nitriles is 1. The van der Waals surface area contributed by atoms with Gasteiger partial charge in [-0.1, -0.05) is 0 Å². The fourth-order valence-corrected chi connectivity index (χ4v) is 1.92. The van der Waals surface area contributed by atoms with Gasteiger partial charge >= 0.3 is 12.4 Å². The van der Waals surface area contributed by atoms with Gasteiger partial charge in [-0.15, -0.1) is 0 Å². The zero-order chi connectivity index (χ0) is 17.4. The van der Waals surface area contributed by atoms with Crippen molar-refractivity contribution >= 4 is 5.95 Å². The number of anilines is 1. The third-order valence-corrected chi connectivity index (χ3v) is 2.92. The van der Waals surface area contributed by atoms with Crippen LogP contribution in [0.3, 0.4) is 0 Å². The van der Waals surface area contributed by atoms with Crippen LogP contribution in [0.5, 0.6) is 0 Å². The predicted octanol–water partition coefficient (Wildman–Crippen LogP) is 3.42. The van der Waals surface area contributed by atoms with Gasteiger partial charge in [0.2, 0.25) is 5.95 Å². The fourth-order valence-electron chi connectivity index (χ4n) is 1.92. The molecular formula is C13H8F6N4. The van der Waals surface area contributed by atoms with Crippen LogP contribution in [0.1, 0.15) is 22.4 Å². The highest BCUT2D eigenvalue weighted by atomic mass is 19.4. The third kappa shape index (κ3) is 3.74. The number of nitrogens with zero attached hydrogens (tertiary/aromatic N) is 3. The van der Waals surface area contributed by atoms with Crippen molar-refractivity contribution in [1.29, 1.82) is 5.26 Å². The molecule has 0 amide bonds. The highest BCUT2D eigenvalue weighted by molar-refractivity contribution is 5.36. The van der Waals surface area contributed by atoms with E-state index in [1.54, 1.807) is 6.07 Å². The van der Waals surface area contributed by atoms with Gasteiger partial charge in [-0.05, 0) is 23.8 Å². The maximum atomic E-state index is 12.8. The average molecular weight is 334 g/mol. The van der Waals surface area contributed by atoms with E-state index in [9.17, 15) is 26.3 Å². The number of aromatic nitrogens is 2. The van der Waals surface area contributed by atoms with Gasteiger partial charge < -0.3 is 10.3 Å². The number of hydrogen-bond donors (Lipinski definition) is 1. The van der Waals surface area contributed by atoms with Crippen LogP contribution in [0.2, 0.25) is 0 Å². The van der Waals surface area contributed by atoms with E-state index >= 15 is 0 Å². The van der Waals surface area contributed by atoms with Crippen LogP contribution < -0.4 is 5.73 Å². The van der Waals surface area contributed by atoms with Crippen molar-refractivity contribution in [2.24, 2.45) is 0 Å². The molecule has 0 saturated heterocycles. The molecule has 2 N–H and O–H groups in total. The van der Waals surface area contributed by atoms with Gasteiger partial charge in [0.1, 0.15) is 6.07 Å². The van der Waals surface area contributed by atoms with E-state index in [2.05, 4.69) is 4.98 Å². The van der Waals surface area contributed by atoms with Crippen LogP contribution in [-0.4, -0.2) is 9.55 Å². The number of alkyl halides is 6. The molecule has 0 radical (unpaired) electrons. The van der Waals surface area contributed by atoms with Crippen molar-refractivity contribution in [2.75, 3.05) is 5.73 Å². The molecule has 2 aromatic rings. The minimum Gasteiger partial charge on any atom is -0.369 e. The van der Waals surface area contributed by atoms with Crippen molar-refractivity contribution < 1.29 is 26.3 Å². The van der Waals surface area contributed by atoms with Crippen molar-refractivity contribution in [1.82, 2.24) is 9.55 Å². The molecular weight excluding hydrogens is 326 g/mol. The standard InChI is InChI=1S/C13H8F6N4/c14-12(15,16)8-1-7(2-9(3-8)13(17,18)19)5-23-6-10(4-20)22-11(23)21/h1-3,6H,5H2,(H2,21,22). The van der Waals surface area contributed by atoms with E-state index < -0.39 is 23.5 Å². The Morgan fingerprint density at radius 1 is 1.04 bits per heavy atom. The van der Waals surface area contributed by atoms with Gasteiger partial charge in [-0.25, -0.2) is 4.98 Å². The lowest BCUT2D eigenvalue weighted by Crippen LogP contribution is -2.13. The summed E-state index contributed by atoms with van der Waals surface area (Å²) in [6, 6.07) is 2.91. The van der Waals surface area contributed by atoms with Gasteiger partial charge in [0, 0.05) is 6.20 Å². The first kappa shape index (κ1) is 16.7. The number of halogens is 6. The van der Waals surface area contributed by atoms with Crippen molar-refractivity contribution in [3.8, 4) is 6.07 Å². The summed E-state index contributed by atoms with van der Waals surface area (Å²) in [6.45, 7) is -0.381. The Morgan fingerprint density at radius 2 is 1.57 bits per heavy atom. The lowest BCUT2D eigenvalue weighted by Gasteiger charge is -2.14. The number of nitrogens with two attached hydrogens (primary N) is 1. The normalized spacial score (nSPS) is 12.2. The minimum atomic E-state index is -4.92. The largest absolute Gasteiger partial charge is 0.416 e. The average Bonchev–Trinajstić information content (AvgIpc) is 2.77. The summed E-state index contributed by atoms with van der Waals surface area (Å²) in [7, 11) is 0. The summed E-state index contributed by atoms with van der Waals surface area (Å²) in [4.78, 5) is 3.60. The van der Waals surface area contributed by atoms with Crippen molar-refractivity contribution in [2.45, 2.75) is 18.9 Å². The zero-order valence-corrected chi connectivity index (χ0v) is 11.2. The second kappa shape index (κ2) is 5.49. The number of rotatable bonds is 2. The quantitative estimate of drug-likeness (QED) is 0.856. The third-order valence-electron chi connectivity index (χ3n) is 2.92. The molecule has 4 nitrogen and oxygen atoms in total. The van der Waals surface area contributed by atoms with Gasteiger partial charge in [-0.2, -0.15) is 31.6 Å². The molecule has 122 valence electrons. The summed E-state index contributed by atoms with van der Waals surface area (Å²) >= 11 is 0. The molecule has 0 aliphatic heterocycles. The lowest BCUT2D eigenvalue weighted by molar-refractivity contribution is -0.143. The summed E-state index contributed by atoms with van der Waals surface area (Å²) < 4.78 is 77.6. The molecule has 0 saturated carbocycles. The molecule has 0 unspecified atom stereocenters. The highest BCUT2D eigenvalue weighted by Crippen LogP contribution is 2.36. The topological polar surface area (TPSA) is 67.6 Å². The van der Waals surface area contributed by atoms with E-state index in [0.717, 1.165) is 10.8 Å². The molecule has 1 aromatic carbocycles. The van der Waals surface area contributed by atoms with Crippen LogP contribution in [0.25, 0.3) is 0 Å². The van der Waals surface area contributed by atoms with Crippen LogP contribution in [0.15, 0.2) is 24.4 Å². The molecule has 0 spiro atoms. The zero-order valence-electron chi connectivity index (χ0n) is 11.2. The summed E-state index contributed by atoms with van der Waals surface area (Å²) in [5.41, 5.74) is 2.28. The molecule has 0 bridgehead atoms. The highest BCUT2D eigenvalue weighted by Gasteiger charge is 2.36. The Kier molecular flexibility index (Phi) is 3.98. The number of hydrogen-bond acceptors (Lipinski definition) is 3. The Morgan fingerprint density at radius 3 is 1.96 bits per heavy atom. The summed E-state index contributed by atoms with van der Waals surface area (Å²) in [6.07, 6.45) is -8.70. The van der Waals surface area contributed by atoms with Gasteiger partial charge in [-0.3, -0.25) is 0 Å². The monoisotopic (exact) mass is 334 g/mol. The smallest absolute Gasteiger partial charge is 0.369 e. The van der Waals surface area contributed by atoms with E-state index in [4.69, 9.17) is 11.0 Å². The van der Waals surface area contributed by atoms with Gasteiger partial charge in [0.05, 0.1) is 17.7 Å². The van der Waals surface area contributed by atoms with Crippen LogP contribution in [0.4, 0.5) is 32.3 Å². The molecule has 1 heterocycles. The Balaban J connectivity index is 2.49. The van der Waals surface area contributed by atoms with E-state index in [1.807, 2.05) is 0 Å². The van der Waals surface area contributed by atoms with E-state index in [1.165, 1.54) is 0 Å². The van der Waals surface area contributed by atoms with Crippen molar-refractivity contribution in [3.63, 3.8) is 0 Å². The fraction of sp³-hybridized carbons (Fsp3) is 0.231. The molecule has 23 heavy (non-hydrogen) atoms. The first-order chi connectivity index (χ1) is 10.5. The summed E-state index contributed by atoms with van der Waals surface area (Å²) in [5, 5.41) is 8.66. The van der Waals surface area contributed by atoms with Gasteiger partial charge in [0.25, 0.3) is 0 Å². The van der Waals surface area contributed by atoms with Crippen LogP contribution in [-0.2, 0) is 18.9 Å². The van der Waals surface area contributed by atoms with Crippen LogP contribution >= 0.6 is 0 Å². The predicted molar refractivity (Wildman–Crippen MR) is 66.9 cm³/mol.